The predicted molar refractivity (Wildman–Crippen MR) is 147 cm³/mol. The Bertz CT molecular complexity index is 1440. The summed E-state index contributed by atoms with van der Waals surface area (Å²) in [6.07, 6.45) is 8.68. The van der Waals surface area contributed by atoms with E-state index >= 15 is 0 Å². The summed E-state index contributed by atoms with van der Waals surface area (Å²) < 4.78 is 1.79. The average Bonchev–Trinajstić information content (AvgIpc) is 3.65. The van der Waals surface area contributed by atoms with Crippen LogP contribution in [0, 0.1) is 0 Å². The molecule has 2 aromatic heterocycles. The molecule has 200 valence electrons. The molecule has 2 atom stereocenters. The highest BCUT2D eigenvalue weighted by atomic mass is 16.2. The lowest BCUT2D eigenvalue weighted by atomic mass is 9.89. The Labute approximate surface area is 226 Å². The van der Waals surface area contributed by atoms with Gasteiger partial charge in [0.15, 0.2) is 0 Å². The van der Waals surface area contributed by atoms with Gasteiger partial charge in [0, 0.05) is 30.9 Å². The molecule has 3 amide bonds. The van der Waals surface area contributed by atoms with Gasteiger partial charge >= 0.3 is 0 Å². The van der Waals surface area contributed by atoms with Crippen molar-refractivity contribution in [1.82, 2.24) is 25.1 Å². The molecular weight excluding hydrogens is 494 g/mol. The minimum absolute atomic E-state index is 0.0835. The number of nitrogens with one attached hydrogen (secondary N) is 3. The van der Waals surface area contributed by atoms with Gasteiger partial charge < -0.3 is 21.4 Å². The van der Waals surface area contributed by atoms with Crippen molar-refractivity contribution in [3.8, 4) is 16.9 Å². The summed E-state index contributed by atoms with van der Waals surface area (Å²) in [5.41, 5.74) is 9.46. The molecule has 2 aromatic carbocycles. The first-order valence-corrected chi connectivity index (χ1v) is 13.1. The van der Waals surface area contributed by atoms with E-state index in [9.17, 15) is 14.4 Å². The molecule has 0 radical (unpaired) electrons. The van der Waals surface area contributed by atoms with Crippen molar-refractivity contribution in [3.63, 3.8) is 0 Å². The Morgan fingerprint density at radius 3 is 2.67 bits per heavy atom. The highest BCUT2D eigenvalue weighted by Gasteiger charge is 2.32. The first-order valence-electron chi connectivity index (χ1n) is 13.1. The Morgan fingerprint density at radius 2 is 1.90 bits per heavy atom. The standard InChI is InChI=1S/C29H31N7O3/c30-26(37)10-3-1-2-9-24(35-29(39)22-17-27(38)33-23-8-5-4-7-21(22)23)28-31-18-25(34-28)19-11-13-20(14-12-19)36-16-6-15-32-36/h4-8,11-16,18,22,24H,1-3,9-10,17H2,(H2,30,37)(H,31,34)(H,33,38)(H,35,39)/t22?,24-/m0/s1. The van der Waals surface area contributed by atoms with Gasteiger partial charge in [-0.05, 0) is 48.2 Å². The number of fused-ring (bicyclic) bond motifs is 1. The van der Waals surface area contributed by atoms with Crippen LogP contribution in [0.2, 0.25) is 0 Å². The SMILES string of the molecule is NC(=O)CCCCC[C@H](NC(=O)C1CC(=O)Nc2ccccc21)c1ncc(-c2ccc(-n3cccn3)cc2)[nH]1. The van der Waals surface area contributed by atoms with Gasteiger partial charge in [0.25, 0.3) is 0 Å². The van der Waals surface area contributed by atoms with Crippen LogP contribution in [0.15, 0.2) is 73.2 Å². The van der Waals surface area contributed by atoms with Crippen LogP contribution in [0.25, 0.3) is 16.9 Å². The van der Waals surface area contributed by atoms with E-state index in [-0.39, 0.29) is 30.2 Å². The lowest BCUT2D eigenvalue weighted by Crippen LogP contribution is -2.37. The van der Waals surface area contributed by atoms with Gasteiger partial charge in [-0.15, -0.1) is 0 Å². The summed E-state index contributed by atoms with van der Waals surface area (Å²) >= 11 is 0. The van der Waals surface area contributed by atoms with Crippen molar-refractivity contribution in [2.45, 2.75) is 50.5 Å². The molecule has 5 N–H and O–H groups in total. The predicted octanol–water partition coefficient (Wildman–Crippen LogP) is 3.98. The van der Waals surface area contributed by atoms with E-state index in [2.05, 4.69) is 25.7 Å². The molecule has 0 aliphatic carbocycles. The van der Waals surface area contributed by atoms with E-state index in [0.717, 1.165) is 35.3 Å². The molecule has 0 saturated heterocycles. The number of carbonyl (C=O) groups is 3. The summed E-state index contributed by atoms with van der Waals surface area (Å²) in [6, 6.07) is 16.8. The smallest absolute Gasteiger partial charge is 0.228 e. The van der Waals surface area contributed by atoms with E-state index in [1.165, 1.54) is 0 Å². The monoisotopic (exact) mass is 525 g/mol. The van der Waals surface area contributed by atoms with Gasteiger partial charge in [0.1, 0.15) is 5.82 Å². The number of anilines is 1. The molecule has 1 aliphatic heterocycles. The quantitative estimate of drug-likeness (QED) is 0.219. The number of primary amides is 1. The summed E-state index contributed by atoms with van der Waals surface area (Å²) in [5.74, 6) is -0.672. The third kappa shape index (κ3) is 6.23. The Balaban J connectivity index is 1.33. The molecule has 0 bridgehead atoms. The molecule has 0 saturated carbocycles. The first kappa shape index (κ1) is 25.9. The van der Waals surface area contributed by atoms with Crippen LogP contribution >= 0.6 is 0 Å². The summed E-state index contributed by atoms with van der Waals surface area (Å²) in [6.45, 7) is 0. The number of para-hydroxylation sites is 1. The number of aromatic amines is 1. The van der Waals surface area contributed by atoms with E-state index < -0.39 is 5.92 Å². The zero-order chi connectivity index (χ0) is 27.2. The number of benzene rings is 2. The highest BCUT2D eigenvalue weighted by Crippen LogP contribution is 2.33. The molecule has 39 heavy (non-hydrogen) atoms. The van der Waals surface area contributed by atoms with Crippen LogP contribution in [-0.4, -0.2) is 37.5 Å². The highest BCUT2D eigenvalue weighted by molar-refractivity contribution is 6.01. The van der Waals surface area contributed by atoms with Crippen molar-refractivity contribution in [2.75, 3.05) is 5.32 Å². The first-order chi connectivity index (χ1) is 19.0. The topological polar surface area (TPSA) is 148 Å². The number of hydrogen-bond acceptors (Lipinski definition) is 5. The third-order valence-corrected chi connectivity index (χ3v) is 6.92. The number of nitrogens with two attached hydrogens (primary N) is 1. The van der Waals surface area contributed by atoms with Crippen molar-refractivity contribution in [2.24, 2.45) is 5.73 Å². The van der Waals surface area contributed by atoms with Crippen LogP contribution in [0.4, 0.5) is 5.69 Å². The number of carbonyl (C=O) groups excluding carboxylic acids is 3. The van der Waals surface area contributed by atoms with E-state index in [0.29, 0.717) is 30.8 Å². The molecule has 1 aliphatic rings. The molecule has 4 aromatic rings. The molecule has 3 heterocycles. The van der Waals surface area contributed by atoms with Crippen LogP contribution in [-0.2, 0) is 14.4 Å². The Morgan fingerprint density at radius 1 is 1.08 bits per heavy atom. The number of imidazole rings is 1. The van der Waals surface area contributed by atoms with Crippen molar-refractivity contribution in [3.05, 3.63) is 84.6 Å². The number of hydrogen-bond donors (Lipinski definition) is 4. The number of rotatable bonds is 11. The fourth-order valence-corrected chi connectivity index (χ4v) is 4.89. The van der Waals surface area contributed by atoms with Gasteiger partial charge in [-0.1, -0.05) is 43.2 Å². The molecule has 0 fully saturated rings. The molecule has 10 nitrogen and oxygen atoms in total. The van der Waals surface area contributed by atoms with Crippen molar-refractivity contribution in [1.29, 1.82) is 0 Å². The number of H-pyrrole nitrogens is 1. The molecular formula is C29H31N7O3. The molecule has 10 heteroatoms. The minimum atomic E-state index is -0.586. The van der Waals surface area contributed by atoms with Crippen molar-refractivity contribution >= 4 is 23.4 Å². The lowest BCUT2D eigenvalue weighted by molar-refractivity contribution is -0.127. The van der Waals surface area contributed by atoms with Gasteiger partial charge in [-0.3, -0.25) is 14.4 Å². The maximum atomic E-state index is 13.5. The van der Waals surface area contributed by atoms with Gasteiger partial charge in [0.05, 0.1) is 29.5 Å². The normalized spacial score (nSPS) is 15.3. The maximum absolute atomic E-state index is 13.5. The average molecular weight is 526 g/mol. The zero-order valence-corrected chi connectivity index (χ0v) is 21.5. The third-order valence-electron chi connectivity index (χ3n) is 6.92. The van der Waals surface area contributed by atoms with Crippen LogP contribution in [0.3, 0.4) is 0 Å². The summed E-state index contributed by atoms with van der Waals surface area (Å²) in [7, 11) is 0. The van der Waals surface area contributed by atoms with Crippen molar-refractivity contribution < 1.29 is 14.4 Å². The number of amides is 3. The fourth-order valence-electron chi connectivity index (χ4n) is 4.89. The molecule has 5 rings (SSSR count). The Kier molecular flexibility index (Phi) is 7.81. The second kappa shape index (κ2) is 11.8. The second-order valence-corrected chi connectivity index (χ2v) is 9.70. The van der Waals surface area contributed by atoms with Gasteiger partial charge in [0.2, 0.25) is 17.7 Å². The van der Waals surface area contributed by atoms with Crippen LogP contribution < -0.4 is 16.4 Å². The summed E-state index contributed by atoms with van der Waals surface area (Å²) in [4.78, 5) is 44.9. The van der Waals surface area contributed by atoms with E-state index in [4.69, 9.17) is 5.73 Å². The summed E-state index contributed by atoms with van der Waals surface area (Å²) in [5, 5.41) is 10.2. The molecule has 1 unspecified atom stereocenters. The lowest BCUT2D eigenvalue weighted by Gasteiger charge is -2.26. The molecule has 0 spiro atoms. The fraction of sp³-hybridized carbons (Fsp3) is 0.276. The number of aromatic nitrogens is 4. The largest absolute Gasteiger partial charge is 0.370 e. The maximum Gasteiger partial charge on any atom is 0.228 e. The number of nitrogens with zero attached hydrogens (tertiary/aromatic N) is 3. The second-order valence-electron chi connectivity index (χ2n) is 9.70. The van der Waals surface area contributed by atoms with Crippen LogP contribution in [0.5, 0.6) is 0 Å². The van der Waals surface area contributed by atoms with Gasteiger partial charge in [-0.25, -0.2) is 9.67 Å². The van der Waals surface area contributed by atoms with Crippen LogP contribution in [0.1, 0.15) is 61.9 Å². The number of unbranched alkanes of at least 4 members (excludes halogenated alkanes) is 2. The van der Waals surface area contributed by atoms with E-state index in [1.807, 2.05) is 54.7 Å². The Hall–Kier alpha value is -4.73. The minimum Gasteiger partial charge on any atom is -0.370 e. The zero-order valence-electron chi connectivity index (χ0n) is 21.5. The van der Waals surface area contributed by atoms with E-state index in [1.54, 1.807) is 23.1 Å². The van der Waals surface area contributed by atoms with Gasteiger partial charge in [-0.2, -0.15) is 5.10 Å².